The number of rotatable bonds is 2. The van der Waals surface area contributed by atoms with Crippen LogP contribution in [0.15, 0.2) is 41.2 Å². The molecule has 0 aliphatic carbocycles. The minimum Gasteiger partial charge on any atom is -0.369 e. The Bertz CT molecular complexity index is 620. The number of hydrogen-bond acceptors (Lipinski definition) is 3. The lowest BCUT2D eigenvalue weighted by molar-refractivity contribution is 1.01. The molecule has 0 unspecified atom stereocenters. The van der Waals surface area contributed by atoms with Gasteiger partial charge in [0.25, 0.3) is 0 Å². The Hall–Kier alpha value is -2.63. The average Bonchev–Trinajstić information content (AvgIpc) is 2.28. The number of aromatic amines is 1. The topological polar surface area (TPSA) is 98.9 Å². The molecule has 1 heterocycles. The number of aromatic nitrogens is 2. The lowest BCUT2D eigenvalue weighted by atomic mass is 10.3. The summed E-state index contributed by atoms with van der Waals surface area (Å²) in [6, 6.07) is 10.8. The Kier molecular flexibility index (Phi) is 3.09. The predicted molar refractivity (Wildman–Crippen MR) is 70.1 cm³/mol. The maximum Gasteiger partial charge on any atom is 0.347 e. The highest BCUT2D eigenvalue weighted by Gasteiger charge is 2.14. The number of nitrogens with two attached hydrogens (primary N) is 1. The minimum absolute atomic E-state index is 0.196. The summed E-state index contributed by atoms with van der Waals surface area (Å²) in [6.07, 6.45) is 0. The smallest absolute Gasteiger partial charge is 0.347 e. The van der Waals surface area contributed by atoms with Crippen molar-refractivity contribution in [1.29, 1.82) is 5.41 Å². The zero-order valence-electron chi connectivity index (χ0n) is 9.84. The molecule has 0 radical (unpaired) electrons. The molecule has 92 valence electrons. The van der Waals surface area contributed by atoms with Gasteiger partial charge in [-0.3, -0.25) is 10.3 Å². The number of para-hydroxylation sites is 1. The number of benzene rings is 1. The number of aryl methyl sites for hydroxylation is 1. The number of H-pyrrole nitrogens is 1. The lowest BCUT2D eigenvalue weighted by Crippen LogP contribution is -2.34. The van der Waals surface area contributed by atoms with Crippen LogP contribution in [-0.4, -0.2) is 15.9 Å². The summed E-state index contributed by atoms with van der Waals surface area (Å²) < 4.78 is 0. The van der Waals surface area contributed by atoms with Gasteiger partial charge in [0.05, 0.1) is 5.69 Å². The molecule has 4 N–H and O–H groups in total. The fraction of sp³-hybridized carbons (Fsp3) is 0.0833. The van der Waals surface area contributed by atoms with E-state index in [4.69, 9.17) is 11.1 Å². The van der Waals surface area contributed by atoms with Crippen LogP contribution in [0.1, 0.15) is 5.69 Å². The third-order valence-electron chi connectivity index (χ3n) is 2.35. The van der Waals surface area contributed by atoms with Crippen molar-refractivity contribution in [2.75, 3.05) is 4.90 Å². The summed E-state index contributed by atoms with van der Waals surface area (Å²) >= 11 is 0. The Morgan fingerprint density at radius 2 is 2.06 bits per heavy atom. The highest BCUT2D eigenvalue weighted by Crippen LogP contribution is 2.21. The molecule has 0 amide bonds. The van der Waals surface area contributed by atoms with Crippen LogP contribution in [-0.2, 0) is 0 Å². The summed E-state index contributed by atoms with van der Waals surface area (Å²) in [5.74, 6) is 0.133. The standard InChI is InChI=1S/C12H13N5O/c1-8-7-10(16-12(18)15-8)17(11(13)14)9-5-3-2-4-6-9/h2-7H,1H3,(H3,13,14)(H,15,16,18). The van der Waals surface area contributed by atoms with Gasteiger partial charge in [-0.2, -0.15) is 4.98 Å². The second kappa shape index (κ2) is 4.70. The van der Waals surface area contributed by atoms with E-state index in [1.165, 1.54) is 4.90 Å². The average molecular weight is 243 g/mol. The molecular weight excluding hydrogens is 230 g/mol. The van der Waals surface area contributed by atoms with Crippen LogP contribution in [0.25, 0.3) is 0 Å². The molecular formula is C12H13N5O. The second-order valence-electron chi connectivity index (χ2n) is 3.78. The summed E-state index contributed by atoms with van der Waals surface area (Å²) in [6.45, 7) is 1.75. The normalized spacial score (nSPS) is 10.1. The quantitative estimate of drug-likeness (QED) is 0.543. The van der Waals surface area contributed by atoms with Gasteiger partial charge in [0.2, 0.25) is 0 Å². The molecule has 0 saturated carbocycles. The summed E-state index contributed by atoms with van der Waals surface area (Å²) in [5, 5.41) is 7.62. The fourth-order valence-corrected chi connectivity index (χ4v) is 1.65. The van der Waals surface area contributed by atoms with Crippen molar-refractivity contribution >= 4 is 17.5 Å². The molecule has 2 aromatic rings. The monoisotopic (exact) mass is 243 g/mol. The van der Waals surface area contributed by atoms with E-state index >= 15 is 0 Å². The molecule has 0 bridgehead atoms. The molecule has 1 aromatic heterocycles. The van der Waals surface area contributed by atoms with E-state index in [2.05, 4.69) is 9.97 Å². The molecule has 0 spiro atoms. The van der Waals surface area contributed by atoms with E-state index in [0.717, 1.165) is 0 Å². The third kappa shape index (κ3) is 2.37. The molecule has 6 heteroatoms. The Morgan fingerprint density at radius 3 is 2.61 bits per heavy atom. The van der Waals surface area contributed by atoms with Crippen molar-refractivity contribution in [3.8, 4) is 0 Å². The third-order valence-corrected chi connectivity index (χ3v) is 2.35. The van der Waals surface area contributed by atoms with Gasteiger partial charge >= 0.3 is 5.69 Å². The lowest BCUT2D eigenvalue weighted by Gasteiger charge is -2.21. The van der Waals surface area contributed by atoms with E-state index in [-0.39, 0.29) is 5.96 Å². The van der Waals surface area contributed by atoms with Gasteiger partial charge in [0.1, 0.15) is 5.82 Å². The first kappa shape index (κ1) is 11.8. The summed E-state index contributed by atoms with van der Waals surface area (Å²) in [5.41, 5.74) is 6.43. The number of nitrogens with zero attached hydrogens (tertiary/aromatic N) is 2. The van der Waals surface area contributed by atoms with Crippen LogP contribution >= 0.6 is 0 Å². The van der Waals surface area contributed by atoms with Gasteiger partial charge < -0.3 is 10.7 Å². The Labute approximate surface area is 104 Å². The van der Waals surface area contributed by atoms with Crippen LogP contribution < -0.4 is 16.3 Å². The highest BCUT2D eigenvalue weighted by atomic mass is 16.1. The number of nitrogens with one attached hydrogen (secondary N) is 2. The summed E-state index contributed by atoms with van der Waals surface area (Å²) in [4.78, 5) is 19.1. The predicted octanol–water partition coefficient (Wildman–Crippen LogP) is 1.11. The molecule has 0 atom stereocenters. The van der Waals surface area contributed by atoms with Crippen LogP contribution in [0.2, 0.25) is 0 Å². The van der Waals surface area contributed by atoms with Crippen molar-refractivity contribution in [2.45, 2.75) is 6.92 Å². The molecule has 0 fully saturated rings. The number of guanidine groups is 1. The van der Waals surface area contributed by atoms with E-state index in [0.29, 0.717) is 17.2 Å². The molecule has 0 saturated heterocycles. The van der Waals surface area contributed by atoms with Crippen molar-refractivity contribution in [1.82, 2.24) is 9.97 Å². The summed E-state index contributed by atoms with van der Waals surface area (Å²) in [7, 11) is 0. The molecule has 2 rings (SSSR count). The minimum atomic E-state index is -0.466. The second-order valence-corrected chi connectivity index (χ2v) is 3.78. The van der Waals surface area contributed by atoms with Crippen LogP contribution in [0.3, 0.4) is 0 Å². The first-order valence-corrected chi connectivity index (χ1v) is 5.35. The van der Waals surface area contributed by atoms with Gasteiger partial charge in [0, 0.05) is 11.8 Å². The first-order valence-electron chi connectivity index (χ1n) is 5.35. The van der Waals surface area contributed by atoms with E-state index < -0.39 is 5.69 Å². The maximum absolute atomic E-state index is 11.4. The van der Waals surface area contributed by atoms with Crippen LogP contribution in [0.4, 0.5) is 11.5 Å². The van der Waals surface area contributed by atoms with Crippen LogP contribution in [0.5, 0.6) is 0 Å². The van der Waals surface area contributed by atoms with E-state index in [9.17, 15) is 4.79 Å². The van der Waals surface area contributed by atoms with Gasteiger partial charge in [0.15, 0.2) is 5.96 Å². The largest absolute Gasteiger partial charge is 0.369 e. The Balaban J connectivity index is 2.55. The zero-order chi connectivity index (χ0) is 13.1. The van der Waals surface area contributed by atoms with Gasteiger partial charge in [-0.05, 0) is 19.1 Å². The van der Waals surface area contributed by atoms with Gasteiger partial charge in [-0.15, -0.1) is 0 Å². The molecule has 18 heavy (non-hydrogen) atoms. The van der Waals surface area contributed by atoms with Crippen LogP contribution in [0, 0.1) is 12.3 Å². The first-order chi connectivity index (χ1) is 8.58. The fourth-order valence-electron chi connectivity index (χ4n) is 1.65. The van der Waals surface area contributed by atoms with E-state index in [1.54, 1.807) is 25.1 Å². The van der Waals surface area contributed by atoms with E-state index in [1.807, 2.05) is 18.2 Å². The molecule has 0 aliphatic rings. The van der Waals surface area contributed by atoms with Crippen molar-refractivity contribution in [3.63, 3.8) is 0 Å². The Morgan fingerprint density at radius 1 is 1.39 bits per heavy atom. The van der Waals surface area contributed by atoms with Crippen molar-refractivity contribution in [3.05, 3.63) is 52.6 Å². The number of anilines is 2. The van der Waals surface area contributed by atoms with Crippen molar-refractivity contribution in [2.24, 2.45) is 5.73 Å². The maximum atomic E-state index is 11.4. The molecule has 6 nitrogen and oxygen atoms in total. The molecule has 1 aromatic carbocycles. The van der Waals surface area contributed by atoms with Gasteiger partial charge in [-0.1, -0.05) is 18.2 Å². The van der Waals surface area contributed by atoms with Gasteiger partial charge in [-0.25, -0.2) is 4.79 Å². The van der Waals surface area contributed by atoms with Crippen molar-refractivity contribution < 1.29 is 0 Å². The SMILES string of the molecule is Cc1cc(N(C(=N)N)c2ccccc2)nc(=O)[nH]1. The highest BCUT2D eigenvalue weighted by molar-refractivity contribution is 5.98. The molecule has 0 aliphatic heterocycles. The number of hydrogen-bond donors (Lipinski definition) is 3. The zero-order valence-corrected chi connectivity index (χ0v) is 9.84.